The molecule has 18 heavy (non-hydrogen) atoms. The lowest BCUT2D eigenvalue weighted by Gasteiger charge is -2.23. The predicted molar refractivity (Wildman–Crippen MR) is 70.9 cm³/mol. The summed E-state index contributed by atoms with van der Waals surface area (Å²) in [4.78, 5) is 11.0. The summed E-state index contributed by atoms with van der Waals surface area (Å²) in [5.74, 6) is 0.380. The zero-order valence-corrected chi connectivity index (χ0v) is 11.3. The molecular weight excluding hydrogens is 275 g/mol. The first kappa shape index (κ1) is 13.7. The van der Waals surface area contributed by atoms with Crippen molar-refractivity contribution in [3.63, 3.8) is 0 Å². The van der Waals surface area contributed by atoms with Crippen LogP contribution in [0.25, 0.3) is 0 Å². The first-order chi connectivity index (χ1) is 8.70. The van der Waals surface area contributed by atoms with E-state index in [2.05, 4.69) is 0 Å². The van der Waals surface area contributed by atoms with Gasteiger partial charge in [0.15, 0.2) is 6.29 Å². The molecule has 0 spiro atoms. The van der Waals surface area contributed by atoms with Gasteiger partial charge < -0.3 is 9.47 Å². The van der Waals surface area contributed by atoms with Crippen molar-refractivity contribution in [3.05, 3.63) is 27.7 Å². The minimum atomic E-state index is 0.0741. The van der Waals surface area contributed by atoms with Gasteiger partial charge in [-0.1, -0.05) is 23.2 Å². The molecule has 1 aromatic carbocycles. The van der Waals surface area contributed by atoms with E-state index in [4.69, 9.17) is 32.7 Å². The van der Waals surface area contributed by atoms with Gasteiger partial charge in [-0.2, -0.15) is 0 Å². The number of rotatable bonds is 4. The smallest absolute Gasteiger partial charge is 0.153 e. The summed E-state index contributed by atoms with van der Waals surface area (Å²) in [7, 11) is 0. The highest BCUT2D eigenvalue weighted by Crippen LogP contribution is 2.32. The number of carbonyl (C=O) groups excluding carboxylic acids is 1. The van der Waals surface area contributed by atoms with Gasteiger partial charge >= 0.3 is 0 Å². The van der Waals surface area contributed by atoms with Crippen LogP contribution < -0.4 is 4.74 Å². The number of halogens is 2. The Hall–Kier alpha value is -0.770. The van der Waals surface area contributed by atoms with Gasteiger partial charge in [0, 0.05) is 11.6 Å². The Kier molecular flexibility index (Phi) is 4.87. The lowest BCUT2D eigenvalue weighted by Crippen LogP contribution is -2.26. The summed E-state index contributed by atoms with van der Waals surface area (Å²) >= 11 is 11.8. The molecule has 0 saturated carbocycles. The Morgan fingerprint density at radius 1 is 1.39 bits per heavy atom. The molecule has 0 radical (unpaired) electrons. The molecule has 1 aliphatic heterocycles. The van der Waals surface area contributed by atoms with Crippen LogP contribution in [0.5, 0.6) is 5.75 Å². The Balaban J connectivity index is 2.05. The molecule has 1 unspecified atom stereocenters. The number of hydrogen-bond acceptors (Lipinski definition) is 3. The zero-order valence-electron chi connectivity index (χ0n) is 9.83. The van der Waals surface area contributed by atoms with Crippen LogP contribution in [0.3, 0.4) is 0 Å². The maximum atomic E-state index is 11.0. The molecule has 1 fully saturated rings. The second kappa shape index (κ2) is 6.41. The Morgan fingerprint density at radius 3 is 2.89 bits per heavy atom. The van der Waals surface area contributed by atoms with Crippen molar-refractivity contribution in [2.75, 3.05) is 13.2 Å². The first-order valence-corrected chi connectivity index (χ1v) is 6.65. The molecule has 1 saturated heterocycles. The summed E-state index contributed by atoms with van der Waals surface area (Å²) < 4.78 is 11.2. The van der Waals surface area contributed by atoms with Gasteiger partial charge in [-0.05, 0) is 31.4 Å². The van der Waals surface area contributed by atoms with Gasteiger partial charge in [0.25, 0.3) is 0 Å². The summed E-state index contributed by atoms with van der Waals surface area (Å²) in [5.41, 5.74) is 0.364. The highest BCUT2D eigenvalue weighted by Gasteiger charge is 2.17. The fourth-order valence-corrected chi connectivity index (χ4v) is 2.50. The SMILES string of the molecule is O=Cc1cc(Cl)cc(Cl)c1OCC1CCCCO1. The third-order valence-electron chi connectivity index (χ3n) is 2.85. The monoisotopic (exact) mass is 288 g/mol. The molecule has 1 atom stereocenters. The van der Waals surface area contributed by atoms with Gasteiger partial charge in [0.2, 0.25) is 0 Å². The molecule has 0 amide bonds. The van der Waals surface area contributed by atoms with Crippen molar-refractivity contribution in [2.45, 2.75) is 25.4 Å². The van der Waals surface area contributed by atoms with Gasteiger partial charge in [0.1, 0.15) is 12.4 Å². The standard InChI is InChI=1S/C13H14Cl2O3/c14-10-5-9(7-16)13(12(15)6-10)18-8-11-3-1-2-4-17-11/h5-7,11H,1-4,8H2. The zero-order chi connectivity index (χ0) is 13.0. The lowest BCUT2D eigenvalue weighted by atomic mass is 10.1. The van der Waals surface area contributed by atoms with Crippen LogP contribution in [0.4, 0.5) is 0 Å². The van der Waals surface area contributed by atoms with E-state index in [1.807, 2.05) is 0 Å². The van der Waals surface area contributed by atoms with Crippen LogP contribution in [0.1, 0.15) is 29.6 Å². The average Bonchev–Trinajstić information content (AvgIpc) is 2.38. The van der Waals surface area contributed by atoms with E-state index in [1.165, 1.54) is 6.07 Å². The number of carbonyl (C=O) groups is 1. The molecule has 2 rings (SSSR count). The number of ether oxygens (including phenoxy) is 2. The molecule has 0 bridgehead atoms. The number of hydrogen-bond donors (Lipinski definition) is 0. The van der Waals surface area contributed by atoms with Crippen LogP contribution in [0.15, 0.2) is 12.1 Å². The fraction of sp³-hybridized carbons (Fsp3) is 0.462. The maximum absolute atomic E-state index is 11.0. The molecule has 0 aromatic heterocycles. The molecule has 0 aliphatic carbocycles. The van der Waals surface area contributed by atoms with Crippen molar-refractivity contribution < 1.29 is 14.3 Å². The van der Waals surface area contributed by atoms with Crippen LogP contribution in [-0.4, -0.2) is 25.6 Å². The first-order valence-electron chi connectivity index (χ1n) is 5.89. The normalized spacial score (nSPS) is 19.6. The molecule has 0 N–H and O–H groups in total. The molecule has 98 valence electrons. The summed E-state index contributed by atoms with van der Waals surface area (Å²) in [5, 5.41) is 0.767. The Labute approximate surface area is 116 Å². The molecule has 1 aromatic rings. The van der Waals surface area contributed by atoms with E-state index < -0.39 is 0 Å². The van der Waals surface area contributed by atoms with Crippen LogP contribution in [0.2, 0.25) is 10.0 Å². The summed E-state index contributed by atoms with van der Waals surface area (Å²) in [6.07, 6.45) is 3.97. The van der Waals surface area contributed by atoms with Crippen molar-refractivity contribution >= 4 is 29.5 Å². The van der Waals surface area contributed by atoms with E-state index in [1.54, 1.807) is 6.07 Å². The van der Waals surface area contributed by atoms with E-state index in [9.17, 15) is 4.79 Å². The van der Waals surface area contributed by atoms with Crippen LogP contribution in [0, 0.1) is 0 Å². The van der Waals surface area contributed by atoms with Crippen LogP contribution >= 0.6 is 23.2 Å². The summed E-state index contributed by atoms with van der Waals surface area (Å²) in [6.45, 7) is 1.17. The topological polar surface area (TPSA) is 35.5 Å². The quantitative estimate of drug-likeness (QED) is 0.792. The highest BCUT2D eigenvalue weighted by molar-refractivity contribution is 6.36. The number of benzene rings is 1. The third kappa shape index (κ3) is 3.37. The Morgan fingerprint density at radius 2 is 2.22 bits per heavy atom. The second-order valence-corrected chi connectivity index (χ2v) is 5.07. The van der Waals surface area contributed by atoms with E-state index >= 15 is 0 Å². The van der Waals surface area contributed by atoms with Crippen molar-refractivity contribution in [1.29, 1.82) is 0 Å². The third-order valence-corrected chi connectivity index (χ3v) is 3.35. The van der Waals surface area contributed by atoms with Crippen molar-refractivity contribution in [2.24, 2.45) is 0 Å². The average molecular weight is 289 g/mol. The van der Waals surface area contributed by atoms with E-state index in [0.29, 0.717) is 34.3 Å². The largest absolute Gasteiger partial charge is 0.489 e. The van der Waals surface area contributed by atoms with Gasteiger partial charge in [-0.15, -0.1) is 0 Å². The highest BCUT2D eigenvalue weighted by atomic mass is 35.5. The maximum Gasteiger partial charge on any atom is 0.153 e. The van der Waals surface area contributed by atoms with E-state index in [0.717, 1.165) is 25.9 Å². The predicted octanol–water partition coefficient (Wildman–Crippen LogP) is 3.75. The lowest BCUT2D eigenvalue weighted by molar-refractivity contribution is -0.0111. The minimum absolute atomic E-state index is 0.0741. The minimum Gasteiger partial charge on any atom is -0.489 e. The molecule has 5 heteroatoms. The number of aldehydes is 1. The van der Waals surface area contributed by atoms with E-state index in [-0.39, 0.29) is 6.10 Å². The van der Waals surface area contributed by atoms with Crippen molar-refractivity contribution in [1.82, 2.24) is 0 Å². The van der Waals surface area contributed by atoms with Crippen molar-refractivity contribution in [3.8, 4) is 5.75 Å². The molecule has 1 aliphatic rings. The van der Waals surface area contributed by atoms with Gasteiger partial charge in [-0.3, -0.25) is 4.79 Å². The summed E-state index contributed by atoms with van der Waals surface area (Å²) in [6, 6.07) is 3.10. The fourth-order valence-electron chi connectivity index (χ4n) is 1.94. The Bertz CT molecular complexity index is 428. The van der Waals surface area contributed by atoms with Gasteiger partial charge in [-0.25, -0.2) is 0 Å². The van der Waals surface area contributed by atoms with Gasteiger partial charge in [0.05, 0.1) is 16.7 Å². The molecule has 3 nitrogen and oxygen atoms in total. The molecule has 1 heterocycles. The molecular formula is C13H14Cl2O3. The second-order valence-electron chi connectivity index (χ2n) is 4.22. The van der Waals surface area contributed by atoms with Crippen LogP contribution in [-0.2, 0) is 4.74 Å².